The molecule has 0 spiro atoms. The Hall–Kier alpha value is -3.13. The van der Waals surface area contributed by atoms with Crippen LogP contribution in [0.2, 0.25) is 0 Å². The van der Waals surface area contributed by atoms with Gasteiger partial charge in [0.15, 0.2) is 5.52 Å². The van der Waals surface area contributed by atoms with Gasteiger partial charge in [-0.3, -0.25) is 19.2 Å². The molecule has 0 bridgehead atoms. The minimum absolute atomic E-state index is 0.0606. The van der Waals surface area contributed by atoms with Gasteiger partial charge in [0.05, 0.1) is 17.1 Å². The lowest BCUT2D eigenvalue weighted by Crippen LogP contribution is -2.35. The van der Waals surface area contributed by atoms with Gasteiger partial charge in [0, 0.05) is 10.6 Å². The van der Waals surface area contributed by atoms with Crippen LogP contribution in [0.1, 0.15) is 69.4 Å². The smallest absolute Gasteiger partial charge is 0.308 e. The van der Waals surface area contributed by atoms with Crippen LogP contribution in [-0.4, -0.2) is 37.9 Å². The number of fused-ring (bicyclic) bond motifs is 1. The van der Waals surface area contributed by atoms with Gasteiger partial charge in [0.2, 0.25) is 0 Å². The number of benzene rings is 1. The number of rotatable bonds is 7. The second-order valence-corrected chi connectivity index (χ2v) is 11.7. The lowest BCUT2D eigenvalue weighted by molar-refractivity contribution is -0.145. The number of carboxylic acid groups (broad SMARTS) is 1. The molecule has 2 aliphatic rings. The maximum atomic E-state index is 13.4. The summed E-state index contributed by atoms with van der Waals surface area (Å²) in [5.74, 6) is 5.42. The van der Waals surface area contributed by atoms with Crippen molar-refractivity contribution < 1.29 is 19.4 Å². The van der Waals surface area contributed by atoms with Gasteiger partial charge in [0.25, 0.3) is 5.88 Å². The third kappa shape index (κ3) is 5.49. The highest BCUT2D eigenvalue weighted by Crippen LogP contribution is 2.47. The topological polar surface area (TPSA) is 97.6 Å². The summed E-state index contributed by atoms with van der Waals surface area (Å²) in [4.78, 5) is 31.7. The summed E-state index contributed by atoms with van der Waals surface area (Å²) in [7, 11) is 1.84. The molecule has 1 N–H and O–H groups in total. The van der Waals surface area contributed by atoms with Crippen molar-refractivity contribution in [3.05, 3.63) is 39.0 Å². The minimum Gasteiger partial charge on any atom is -0.481 e. The number of carbonyl (C=O) groups excluding carboxylic acids is 1. The molecule has 2 heterocycles. The van der Waals surface area contributed by atoms with E-state index in [1.54, 1.807) is 16.5 Å². The Morgan fingerprint density at radius 1 is 1.23 bits per heavy atom. The lowest BCUT2D eigenvalue weighted by Gasteiger charge is -2.33. The summed E-state index contributed by atoms with van der Waals surface area (Å²) in [6, 6.07) is 7.97. The van der Waals surface area contributed by atoms with E-state index < -0.39 is 5.97 Å². The number of ether oxygens (including phenoxy) is 1. The second kappa shape index (κ2) is 11.2. The van der Waals surface area contributed by atoms with Crippen molar-refractivity contribution >= 4 is 57.0 Å². The number of aromatic nitrogens is 3. The Morgan fingerprint density at radius 3 is 2.67 bits per heavy atom. The molecular formula is C30H33IN4O4. The highest BCUT2D eigenvalue weighted by Gasteiger charge is 2.36. The number of carboxylic acids is 1. The van der Waals surface area contributed by atoms with E-state index in [9.17, 15) is 14.7 Å². The number of nitrogens with zero attached hydrogens (tertiary/aromatic N) is 4. The van der Waals surface area contributed by atoms with Crippen LogP contribution in [-0.2, 0) is 16.6 Å². The Bertz CT molecular complexity index is 1500. The number of hydrogen-bond acceptors (Lipinski definition) is 5. The number of aryl methyl sites for hydroxylation is 2. The van der Waals surface area contributed by atoms with E-state index in [1.165, 1.54) is 3.57 Å². The molecule has 2 fully saturated rings. The molecule has 5 rings (SSSR count). The first-order valence-electron chi connectivity index (χ1n) is 13.5. The van der Waals surface area contributed by atoms with Crippen molar-refractivity contribution in [2.45, 2.75) is 71.3 Å². The monoisotopic (exact) mass is 640 g/mol. The van der Waals surface area contributed by atoms with Crippen molar-refractivity contribution in [3.63, 3.8) is 0 Å². The summed E-state index contributed by atoms with van der Waals surface area (Å²) in [6.07, 6.45) is 4.74. The minimum atomic E-state index is -0.730. The molecule has 39 heavy (non-hydrogen) atoms. The number of amides is 1. The summed E-state index contributed by atoms with van der Waals surface area (Å²) in [5.41, 5.74) is 4.41. The van der Waals surface area contributed by atoms with Crippen molar-refractivity contribution in [3.8, 4) is 17.7 Å². The molecule has 0 aliphatic heterocycles. The van der Waals surface area contributed by atoms with Gasteiger partial charge in [-0.1, -0.05) is 19.3 Å². The van der Waals surface area contributed by atoms with Crippen LogP contribution in [0.25, 0.3) is 11.0 Å². The van der Waals surface area contributed by atoms with Crippen molar-refractivity contribution in [2.75, 3.05) is 4.90 Å². The van der Waals surface area contributed by atoms with E-state index in [0.29, 0.717) is 42.4 Å². The maximum Gasteiger partial charge on any atom is 0.308 e. The van der Waals surface area contributed by atoms with Gasteiger partial charge in [-0.05, 0) is 122 Å². The molecular weight excluding hydrogens is 607 g/mol. The maximum absolute atomic E-state index is 13.4. The average Bonchev–Trinajstić information content (AvgIpc) is 3.71. The van der Waals surface area contributed by atoms with Crippen molar-refractivity contribution in [2.24, 2.45) is 18.9 Å². The van der Waals surface area contributed by atoms with E-state index >= 15 is 0 Å². The van der Waals surface area contributed by atoms with Crippen LogP contribution in [0.3, 0.4) is 0 Å². The SMILES string of the molecule is CC#CC(=O)N(c1ccc2c(n1)c(O[C@@H]1CC[C@@H](C(=O)O)[C@H](CC)C1)nn2C)c1cc(C)c(I)cc1C1CC1. The normalized spacial score (nSPS) is 20.8. The molecule has 9 heteroatoms. The second-order valence-electron chi connectivity index (χ2n) is 10.6. The molecule has 204 valence electrons. The summed E-state index contributed by atoms with van der Waals surface area (Å²) in [5, 5.41) is 14.2. The van der Waals surface area contributed by atoms with Gasteiger partial charge in [-0.2, -0.15) is 0 Å². The zero-order valence-corrected chi connectivity index (χ0v) is 24.9. The first-order valence-corrected chi connectivity index (χ1v) is 14.6. The number of pyridine rings is 1. The van der Waals surface area contributed by atoms with E-state index in [0.717, 1.165) is 41.6 Å². The Balaban J connectivity index is 1.54. The average molecular weight is 641 g/mol. The Labute approximate surface area is 242 Å². The van der Waals surface area contributed by atoms with Crippen LogP contribution in [0, 0.1) is 34.2 Å². The van der Waals surface area contributed by atoms with E-state index in [-0.39, 0.29) is 23.8 Å². The van der Waals surface area contributed by atoms with Gasteiger partial charge in [0.1, 0.15) is 11.9 Å². The highest BCUT2D eigenvalue weighted by molar-refractivity contribution is 14.1. The molecule has 2 aromatic heterocycles. The Morgan fingerprint density at radius 2 is 2.00 bits per heavy atom. The fourth-order valence-electron chi connectivity index (χ4n) is 5.66. The molecule has 0 unspecified atom stereocenters. The molecule has 1 amide bonds. The summed E-state index contributed by atoms with van der Waals surface area (Å²) in [6.45, 7) is 5.73. The molecule has 0 saturated heterocycles. The van der Waals surface area contributed by atoms with Gasteiger partial charge >= 0.3 is 11.9 Å². The quantitative estimate of drug-likeness (QED) is 0.248. The fourth-order valence-corrected chi connectivity index (χ4v) is 6.15. The lowest BCUT2D eigenvalue weighted by atomic mass is 9.76. The van der Waals surface area contributed by atoms with Gasteiger partial charge < -0.3 is 9.84 Å². The van der Waals surface area contributed by atoms with E-state index in [4.69, 9.17) is 9.72 Å². The number of hydrogen-bond donors (Lipinski definition) is 1. The third-order valence-corrected chi connectivity index (χ3v) is 9.10. The molecule has 3 atom stereocenters. The zero-order chi connectivity index (χ0) is 27.8. The van der Waals surface area contributed by atoms with E-state index in [1.807, 2.05) is 33.0 Å². The molecule has 2 aliphatic carbocycles. The van der Waals surface area contributed by atoms with Crippen LogP contribution in [0.4, 0.5) is 11.5 Å². The summed E-state index contributed by atoms with van der Waals surface area (Å²) >= 11 is 2.35. The van der Waals surface area contributed by atoms with Gasteiger partial charge in [-0.25, -0.2) is 4.98 Å². The predicted molar refractivity (Wildman–Crippen MR) is 158 cm³/mol. The largest absolute Gasteiger partial charge is 0.481 e. The predicted octanol–water partition coefficient (Wildman–Crippen LogP) is 6.11. The molecule has 2 saturated carbocycles. The number of anilines is 2. The standard InChI is InChI=1S/C30H33IN4O4/c1-5-7-27(36)35(25-14-17(3)23(31)16-22(25)19-8-9-19)26-13-12-24-28(32-26)29(33-34(24)4)39-20-10-11-21(30(37)38)18(6-2)15-20/h12-14,16,18-21H,6,8-11,15H2,1-4H3,(H,37,38)/t18-,20-,21-/m1/s1. The Kier molecular flexibility index (Phi) is 7.85. The molecule has 3 aromatic rings. The highest BCUT2D eigenvalue weighted by atomic mass is 127. The number of carbonyl (C=O) groups is 2. The zero-order valence-electron chi connectivity index (χ0n) is 22.7. The molecule has 1 aromatic carbocycles. The van der Waals surface area contributed by atoms with Crippen LogP contribution >= 0.6 is 22.6 Å². The van der Waals surface area contributed by atoms with E-state index in [2.05, 4.69) is 51.7 Å². The summed E-state index contributed by atoms with van der Waals surface area (Å²) < 4.78 is 9.28. The first kappa shape index (κ1) is 27.4. The first-order chi connectivity index (χ1) is 18.7. The van der Waals surface area contributed by atoms with Crippen LogP contribution in [0.5, 0.6) is 5.88 Å². The third-order valence-electron chi connectivity index (χ3n) is 7.94. The molecule has 8 nitrogen and oxygen atoms in total. The fraction of sp³-hybridized carbons (Fsp3) is 0.467. The molecule has 0 radical (unpaired) electrons. The van der Waals surface area contributed by atoms with Crippen molar-refractivity contribution in [1.29, 1.82) is 0 Å². The number of halogens is 1. The van der Waals surface area contributed by atoms with Crippen molar-refractivity contribution in [1.82, 2.24) is 14.8 Å². The number of aliphatic carboxylic acids is 1. The van der Waals surface area contributed by atoms with Crippen LogP contribution < -0.4 is 9.64 Å². The van der Waals surface area contributed by atoms with Gasteiger partial charge in [-0.15, -0.1) is 5.10 Å². The van der Waals surface area contributed by atoms with Crippen LogP contribution in [0.15, 0.2) is 24.3 Å².